The number of halogens is 1. The van der Waals surface area contributed by atoms with Crippen LogP contribution < -0.4 is 5.32 Å². The number of methoxy groups -OCH3 is 1. The number of hydrogen-bond donors (Lipinski definition) is 1. The molecule has 2 heterocycles. The van der Waals surface area contributed by atoms with E-state index >= 15 is 0 Å². The molecule has 1 aromatic carbocycles. The summed E-state index contributed by atoms with van der Waals surface area (Å²) in [5, 5.41) is 3.22. The quantitative estimate of drug-likeness (QED) is 0.834. The minimum Gasteiger partial charge on any atom is -0.465 e. The fourth-order valence-electron chi connectivity index (χ4n) is 3.43. The summed E-state index contributed by atoms with van der Waals surface area (Å²) in [6.45, 7) is 1.32. The van der Waals surface area contributed by atoms with Crippen molar-refractivity contribution in [2.45, 2.75) is 36.2 Å². The summed E-state index contributed by atoms with van der Waals surface area (Å²) >= 11 is 0. The van der Waals surface area contributed by atoms with Crippen molar-refractivity contribution in [3.63, 3.8) is 0 Å². The molecule has 0 amide bonds. The largest absolute Gasteiger partial charge is 0.465 e. The van der Waals surface area contributed by atoms with E-state index in [0.717, 1.165) is 37.6 Å². The molecule has 0 radical (unpaired) electrons. The van der Waals surface area contributed by atoms with Crippen molar-refractivity contribution in [3.05, 3.63) is 29.6 Å². The van der Waals surface area contributed by atoms with Gasteiger partial charge in [-0.25, -0.2) is 17.6 Å². The van der Waals surface area contributed by atoms with Crippen molar-refractivity contribution in [1.82, 2.24) is 9.62 Å². The maximum absolute atomic E-state index is 13.7. The summed E-state index contributed by atoms with van der Waals surface area (Å²) in [5.74, 6) is -1.49. The Morgan fingerprint density at radius 1 is 1.30 bits per heavy atom. The van der Waals surface area contributed by atoms with Crippen LogP contribution in [0.2, 0.25) is 0 Å². The molecule has 6 nitrogen and oxygen atoms in total. The molecule has 8 heteroatoms. The Kier molecular flexibility index (Phi) is 4.39. The van der Waals surface area contributed by atoms with Crippen LogP contribution in [-0.4, -0.2) is 51.0 Å². The number of carbonyl (C=O) groups is 1. The van der Waals surface area contributed by atoms with Crippen LogP contribution in [0.25, 0.3) is 0 Å². The maximum atomic E-state index is 13.7. The van der Waals surface area contributed by atoms with Gasteiger partial charge in [-0.1, -0.05) is 0 Å². The molecule has 2 unspecified atom stereocenters. The fourth-order valence-corrected chi connectivity index (χ4v) is 5.53. The first kappa shape index (κ1) is 16.4. The lowest BCUT2D eigenvalue weighted by Gasteiger charge is -2.27. The van der Waals surface area contributed by atoms with E-state index < -0.39 is 21.8 Å². The van der Waals surface area contributed by atoms with Gasteiger partial charge in [0.25, 0.3) is 0 Å². The number of hydrogen-bond acceptors (Lipinski definition) is 5. The summed E-state index contributed by atoms with van der Waals surface area (Å²) in [6, 6.07) is 2.84. The van der Waals surface area contributed by atoms with E-state index in [1.165, 1.54) is 11.4 Å². The first-order chi connectivity index (χ1) is 10.9. The Hall–Kier alpha value is -1.51. The molecule has 0 aromatic heterocycles. The molecular formula is C15H19FN2O4S. The number of nitrogens with one attached hydrogen (secondary N) is 1. The number of esters is 1. The zero-order valence-corrected chi connectivity index (χ0v) is 13.6. The molecule has 1 aromatic rings. The molecule has 2 fully saturated rings. The van der Waals surface area contributed by atoms with Crippen LogP contribution in [0.5, 0.6) is 0 Å². The number of sulfonamides is 1. The molecule has 2 saturated heterocycles. The minimum atomic E-state index is -3.98. The van der Waals surface area contributed by atoms with Gasteiger partial charge < -0.3 is 10.1 Å². The van der Waals surface area contributed by atoms with E-state index in [4.69, 9.17) is 0 Å². The monoisotopic (exact) mass is 342 g/mol. The summed E-state index contributed by atoms with van der Waals surface area (Å²) in [7, 11) is -2.81. The molecule has 2 aliphatic heterocycles. The summed E-state index contributed by atoms with van der Waals surface area (Å²) in [4.78, 5) is 11.6. The third-order valence-electron chi connectivity index (χ3n) is 4.49. The molecule has 2 aliphatic rings. The van der Waals surface area contributed by atoms with E-state index in [0.29, 0.717) is 13.0 Å². The third kappa shape index (κ3) is 2.86. The normalized spacial score (nSPS) is 25.1. The number of carbonyl (C=O) groups excluding carboxylic acids is 1. The molecule has 23 heavy (non-hydrogen) atoms. The van der Waals surface area contributed by atoms with Crippen LogP contribution >= 0.6 is 0 Å². The molecule has 3 rings (SSSR count). The Bertz CT molecular complexity index is 708. The molecule has 2 atom stereocenters. The Balaban J connectivity index is 2.09. The summed E-state index contributed by atoms with van der Waals surface area (Å²) < 4.78 is 46.0. The van der Waals surface area contributed by atoms with Crippen molar-refractivity contribution in [2.24, 2.45) is 0 Å². The lowest BCUT2D eigenvalue weighted by molar-refractivity contribution is 0.0596. The van der Waals surface area contributed by atoms with Gasteiger partial charge in [0.15, 0.2) is 0 Å². The van der Waals surface area contributed by atoms with Crippen LogP contribution in [0.15, 0.2) is 23.1 Å². The van der Waals surface area contributed by atoms with Crippen molar-refractivity contribution in [3.8, 4) is 0 Å². The Morgan fingerprint density at radius 2 is 2.04 bits per heavy atom. The molecule has 126 valence electrons. The van der Waals surface area contributed by atoms with E-state index in [1.54, 1.807) is 0 Å². The van der Waals surface area contributed by atoms with Gasteiger partial charge in [0.2, 0.25) is 10.0 Å². The van der Waals surface area contributed by atoms with E-state index in [-0.39, 0.29) is 22.5 Å². The minimum absolute atomic E-state index is 0.117. The summed E-state index contributed by atoms with van der Waals surface area (Å²) in [6.07, 6.45) is 2.26. The lowest BCUT2D eigenvalue weighted by Crippen LogP contribution is -2.42. The average Bonchev–Trinajstić information content (AvgIpc) is 2.80. The number of ether oxygens (including phenoxy) is 1. The standard InChI is InChI=1S/C15H19FN2O4S/c1-22-15(19)13-5-2-10(16)8-14(13)23(20,21)18-11-3-4-12(18)9-17-7-6-11/h2,5,8,11-12,17H,3-4,6-7,9H2,1H3. The van der Waals surface area contributed by atoms with Crippen LogP contribution in [0.3, 0.4) is 0 Å². The Morgan fingerprint density at radius 3 is 2.78 bits per heavy atom. The highest BCUT2D eigenvalue weighted by Crippen LogP contribution is 2.35. The predicted molar refractivity (Wildman–Crippen MR) is 81.1 cm³/mol. The highest BCUT2D eigenvalue weighted by atomic mass is 32.2. The molecule has 1 N–H and O–H groups in total. The zero-order valence-electron chi connectivity index (χ0n) is 12.8. The number of fused-ring (bicyclic) bond motifs is 2. The van der Waals surface area contributed by atoms with Gasteiger partial charge in [-0.2, -0.15) is 4.31 Å². The fraction of sp³-hybridized carbons (Fsp3) is 0.533. The lowest BCUT2D eigenvalue weighted by atomic mass is 10.1. The van der Waals surface area contributed by atoms with E-state index in [2.05, 4.69) is 10.1 Å². The number of nitrogens with zero attached hydrogens (tertiary/aromatic N) is 1. The predicted octanol–water partition coefficient (Wildman–Crippen LogP) is 1.13. The van der Waals surface area contributed by atoms with E-state index in [1.807, 2.05) is 0 Å². The van der Waals surface area contributed by atoms with Crippen LogP contribution in [0, 0.1) is 5.82 Å². The molecule has 0 aliphatic carbocycles. The topological polar surface area (TPSA) is 75.7 Å². The first-order valence-corrected chi connectivity index (χ1v) is 9.01. The van der Waals surface area contributed by atoms with E-state index in [9.17, 15) is 17.6 Å². The summed E-state index contributed by atoms with van der Waals surface area (Å²) in [5.41, 5.74) is -0.134. The Labute approximate surface area is 134 Å². The van der Waals surface area contributed by atoms with Gasteiger partial charge in [-0.3, -0.25) is 0 Å². The SMILES string of the molecule is COC(=O)c1ccc(F)cc1S(=O)(=O)N1C2CCNCC1CC2. The van der Waals surface area contributed by atoms with Gasteiger partial charge >= 0.3 is 5.97 Å². The maximum Gasteiger partial charge on any atom is 0.339 e. The van der Waals surface area contributed by atoms with Gasteiger partial charge in [0.1, 0.15) is 5.82 Å². The molecule has 0 saturated carbocycles. The second-order valence-corrected chi connectivity index (χ2v) is 7.66. The molecule has 2 bridgehead atoms. The number of benzene rings is 1. The highest BCUT2D eigenvalue weighted by Gasteiger charge is 2.44. The van der Waals surface area contributed by atoms with Crippen molar-refractivity contribution < 1.29 is 22.3 Å². The van der Waals surface area contributed by atoms with Gasteiger partial charge in [-0.15, -0.1) is 0 Å². The molecular weight excluding hydrogens is 323 g/mol. The van der Waals surface area contributed by atoms with Crippen LogP contribution in [-0.2, 0) is 14.8 Å². The second-order valence-electron chi connectivity index (χ2n) is 5.84. The van der Waals surface area contributed by atoms with Crippen molar-refractivity contribution in [2.75, 3.05) is 20.2 Å². The van der Waals surface area contributed by atoms with Gasteiger partial charge in [0.05, 0.1) is 17.6 Å². The molecule has 0 spiro atoms. The van der Waals surface area contributed by atoms with Gasteiger partial charge in [0, 0.05) is 18.6 Å². The zero-order chi connectivity index (χ0) is 16.6. The second kappa shape index (κ2) is 6.18. The smallest absolute Gasteiger partial charge is 0.339 e. The van der Waals surface area contributed by atoms with Crippen molar-refractivity contribution in [1.29, 1.82) is 0 Å². The number of rotatable bonds is 3. The van der Waals surface area contributed by atoms with Gasteiger partial charge in [-0.05, 0) is 44.0 Å². The van der Waals surface area contributed by atoms with Crippen LogP contribution in [0.4, 0.5) is 4.39 Å². The van der Waals surface area contributed by atoms with Crippen molar-refractivity contribution >= 4 is 16.0 Å². The van der Waals surface area contributed by atoms with Crippen LogP contribution in [0.1, 0.15) is 29.6 Å². The highest BCUT2D eigenvalue weighted by molar-refractivity contribution is 7.89. The first-order valence-electron chi connectivity index (χ1n) is 7.57. The third-order valence-corrected chi connectivity index (χ3v) is 6.54. The average molecular weight is 342 g/mol.